The van der Waals surface area contributed by atoms with Gasteiger partial charge in [-0.05, 0) is 6.92 Å². The largest absolute Gasteiger partial charge is 0.259 e. The maximum Gasteiger partial charge on any atom is 0.256 e. The third-order valence-corrected chi connectivity index (χ3v) is 3.95. The number of thioether (sulfide) groups is 1. The van der Waals surface area contributed by atoms with Gasteiger partial charge in [-0.25, -0.2) is 0 Å². The molecule has 0 saturated heterocycles. The fourth-order valence-electron chi connectivity index (χ4n) is 0.719. The lowest BCUT2D eigenvalue weighted by atomic mass is 10.3. The Morgan fingerprint density at radius 3 is 2.70 bits per heavy atom. The van der Waals surface area contributed by atoms with Gasteiger partial charge in [-0.3, -0.25) is 10.1 Å². The van der Waals surface area contributed by atoms with E-state index in [1.165, 1.54) is 0 Å². The van der Waals surface area contributed by atoms with Crippen molar-refractivity contribution in [3.8, 4) is 0 Å². The van der Waals surface area contributed by atoms with Gasteiger partial charge in [-0.2, -0.15) is 0 Å². The molecule has 0 spiro atoms. The van der Waals surface area contributed by atoms with E-state index in [0.717, 1.165) is 5.57 Å². The first-order valence-corrected chi connectivity index (χ1v) is 4.69. The average molecular weight is 224 g/mol. The molecule has 3 nitrogen and oxygen atoms in total. The second-order valence-corrected chi connectivity index (χ2v) is 4.63. The summed E-state index contributed by atoms with van der Waals surface area (Å²) in [7, 11) is 0. The maximum atomic E-state index is 10.3. The van der Waals surface area contributed by atoms with E-state index in [1.807, 2.05) is 0 Å². The minimum Gasteiger partial charge on any atom is -0.259 e. The number of alkyl halides is 1. The fraction of sp³-hybridized carbons (Fsp3) is 0.600. The third kappa shape index (κ3) is 1.34. The summed E-state index contributed by atoms with van der Waals surface area (Å²) in [5.41, 5.74) is 1.20. The van der Waals surface area contributed by atoms with Crippen LogP contribution in [0.3, 0.4) is 0 Å². The molecular weight excluding hydrogens is 218 g/mol. The second kappa shape index (κ2) is 2.92. The van der Waals surface area contributed by atoms with Crippen LogP contribution in [0.15, 0.2) is 11.3 Å². The van der Waals surface area contributed by atoms with Crippen LogP contribution < -0.4 is 0 Å². The van der Waals surface area contributed by atoms with Crippen LogP contribution in [0.2, 0.25) is 0 Å². The summed E-state index contributed by atoms with van der Waals surface area (Å²) < 4.78 is 0.146. The van der Waals surface area contributed by atoms with Crippen molar-refractivity contribution in [2.24, 2.45) is 0 Å². The number of hydrogen-bond donors (Lipinski definition) is 0. The van der Waals surface area contributed by atoms with Crippen LogP contribution in [0.5, 0.6) is 0 Å². The predicted molar refractivity (Wildman–Crippen MR) is 44.9 cm³/mol. The molecule has 1 aliphatic rings. The highest BCUT2D eigenvalue weighted by Crippen LogP contribution is 2.35. The quantitative estimate of drug-likeness (QED) is 0.388. The second-order valence-electron chi connectivity index (χ2n) is 2.01. The zero-order valence-electron chi connectivity index (χ0n) is 5.33. The number of nitrogens with zero attached hydrogens (tertiary/aromatic N) is 1. The van der Waals surface area contributed by atoms with Gasteiger partial charge >= 0.3 is 0 Å². The Balaban J connectivity index is 2.85. The van der Waals surface area contributed by atoms with Crippen molar-refractivity contribution < 1.29 is 4.92 Å². The lowest BCUT2D eigenvalue weighted by Crippen LogP contribution is -2.00. The Kier molecular flexibility index (Phi) is 2.36. The van der Waals surface area contributed by atoms with Crippen LogP contribution in [-0.2, 0) is 0 Å². The van der Waals surface area contributed by atoms with Crippen molar-refractivity contribution in [3.05, 3.63) is 21.4 Å². The maximum absolute atomic E-state index is 10.3. The first kappa shape index (κ1) is 8.07. The van der Waals surface area contributed by atoms with Crippen LogP contribution in [-0.4, -0.2) is 14.8 Å². The van der Waals surface area contributed by atoms with Gasteiger partial charge in [-0.1, -0.05) is 15.9 Å². The zero-order chi connectivity index (χ0) is 7.72. The van der Waals surface area contributed by atoms with Crippen molar-refractivity contribution in [1.82, 2.24) is 0 Å². The highest BCUT2D eigenvalue weighted by atomic mass is 79.9. The normalized spacial score (nSPS) is 25.6. The first-order chi connectivity index (χ1) is 4.63. The summed E-state index contributed by atoms with van der Waals surface area (Å²) in [6.45, 7) is 1.79. The highest BCUT2D eigenvalue weighted by Gasteiger charge is 2.28. The van der Waals surface area contributed by atoms with Gasteiger partial charge in [0.15, 0.2) is 0 Å². The van der Waals surface area contributed by atoms with Gasteiger partial charge in [-0.15, -0.1) is 11.8 Å². The van der Waals surface area contributed by atoms with Crippen molar-refractivity contribution in [3.63, 3.8) is 0 Å². The monoisotopic (exact) mass is 223 g/mol. The predicted octanol–water partition coefficient (Wildman–Crippen LogP) is 2.00. The van der Waals surface area contributed by atoms with E-state index in [1.54, 1.807) is 18.7 Å². The molecule has 1 rings (SSSR count). The average Bonchev–Trinajstić information content (AvgIpc) is 2.14. The molecule has 1 aliphatic heterocycles. The van der Waals surface area contributed by atoms with Crippen molar-refractivity contribution >= 4 is 27.7 Å². The summed E-state index contributed by atoms with van der Waals surface area (Å²) >= 11 is 4.86. The van der Waals surface area contributed by atoms with Crippen molar-refractivity contribution in [1.29, 1.82) is 0 Å². The Hall–Kier alpha value is -0.0300. The molecular formula is C5H6BrNO2S. The number of rotatable bonds is 1. The van der Waals surface area contributed by atoms with Crippen LogP contribution in [0, 0.1) is 10.1 Å². The van der Waals surface area contributed by atoms with E-state index in [-0.39, 0.29) is 9.08 Å². The molecule has 0 amide bonds. The molecule has 5 heteroatoms. The standard InChI is InChI=1S/C5H6BrNO2S/c1-3-4(7(8)9)2-10-5(3)6/h5H,2H2,1H3. The van der Waals surface area contributed by atoms with Crippen LogP contribution in [0.1, 0.15) is 6.92 Å². The molecule has 1 atom stereocenters. The molecule has 0 radical (unpaired) electrons. The molecule has 1 heterocycles. The summed E-state index contributed by atoms with van der Waals surface area (Å²) in [4.78, 5) is 9.97. The van der Waals surface area contributed by atoms with E-state index >= 15 is 0 Å². The molecule has 0 aromatic heterocycles. The molecule has 0 bridgehead atoms. The Labute approximate surface area is 71.1 Å². The highest BCUT2D eigenvalue weighted by molar-refractivity contribution is 9.11. The molecule has 0 fully saturated rings. The summed E-state index contributed by atoms with van der Waals surface area (Å²) in [6, 6.07) is 0. The van der Waals surface area contributed by atoms with Crippen LogP contribution in [0.4, 0.5) is 0 Å². The van der Waals surface area contributed by atoms with E-state index in [0.29, 0.717) is 11.4 Å². The van der Waals surface area contributed by atoms with Gasteiger partial charge in [0.2, 0.25) is 0 Å². The van der Waals surface area contributed by atoms with Crippen molar-refractivity contribution in [2.45, 2.75) is 11.1 Å². The minimum absolute atomic E-state index is 0.146. The van der Waals surface area contributed by atoms with Gasteiger partial charge in [0, 0.05) is 5.57 Å². The molecule has 56 valence electrons. The zero-order valence-corrected chi connectivity index (χ0v) is 7.74. The van der Waals surface area contributed by atoms with E-state index < -0.39 is 0 Å². The summed E-state index contributed by atoms with van der Waals surface area (Å²) in [6.07, 6.45) is 0. The Morgan fingerprint density at radius 1 is 1.90 bits per heavy atom. The fourth-order valence-corrected chi connectivity index (χ4v) is 2.40. The summed E-state index contributed by atoms with van der Waals surface area (Å²) in [5.74, 6) is 0.523. The van der Waals surface area contributed by atoms with Crippen LogP contribution >= 0.6 is 27.7 Å². The molecule has 0 N–H and O–H groups in total. The lowest BCUT2D eigenvalue weighted by Gasteiger charge is -1.94. The topological polar surface area (TPSA) is 43.1 Å². The Morgan fingerprint density at radius 2 is 2.50 bits per heavy atom. The molecule has 0 aromatic rings. The van der Waals surface area contributed by atoms with E-state index in [9.17, 15) is 10.1 Å². The molecule has 1 unspecified atom stereocenters. The molecule has 0 aromatic carbocycles. The molecule has 0 aliphatic carbocycles. The lowest BCUT2D eigenvalue weighted by molar-refractivity contribution is -0.424. The van der Waals surface area contributed by atoms with E-state index in [2.05, 4.69) is 15.9 Å². The smallest absolute Gasteiger partial charge is 0.256 e. The Bertz CT molecular complexity index is 204. The van der Waals surface area contributed by atoms with Crippen LogP contribution in [0.25, 0.3) is 0 Å². The van der Waals surface area contributed by atoms with Gasteiger partial charge in [0.25, 0.3) is 5.70 Å². The number of halogens is 1. The SMILES string of the molecule is CC1=C([N+](=O)[O-])CSC1Br. The first-order valence-electron chi connectivity index (χ1n) is 2.72. The number of hydrogen-bond acceptors (Lipinski definition) is 3. The van der Waals surface area contributed by atoms with Gasteiger partial charge < -0.3 is 0 Å². The molecule has 0 saturated carbocycles. The molecule has 10 heavy (non-hydrogen) atoms. The summed E-state index contributed by atoms with van der Waals surface area (Å²) in [5, 5.41) is 10.3. The van der Waals surface area contributed by atoms with Crippen molar-refractivity contribution in [2.75, 3.05) is 5.75 Å². The van der Waals surface area contributed by atoms with Gasteiger partial charge in [0.1, 0.15) is 0 Å². The van der Waals surface area contributed by atoms with E-state index in [4.69, 9.17) is 0 Å². The number of nitro groups is 1. The van der Waals surface area contributed by atoms with Gasteiger partial charge in [0.05, 0.1) is 14.8 Å². The third-order valence-electron chi connectivity index (χ3n) is 1.38. The minimum atomic E-state index is -0.302.